The molecule has 0 aliphatic carbocycles. The van der Waals surface area contributed by atoms with Crippen molar-refractivity contribution in [1.82, 2.24) is 9.88 Å². The number of aromatic nitrogens is 1. The van der Waals surface area contributed by atoms with Crippen LogP contribution in [-0.2, 0) is 4.79 Å². The number of nitrogen functional groups attached to an aromatic ring is 1. The monoisotopic (exact) mass is 344 g/mol. The molecule has 3 N–H and O–H groups in total. The lowest BCUT2D eigenvalue weighted by atomic mass is 10.0. The van der Waals surface area contributed by atoms with Crippen LogP contribution in [0, 0.1) is 13.8 Å². The van der Waals surface area contributed by atoms with E-state index in [1.807, 2.05) is 33.0 Å². The maximum Gasteiger partial charge on any atom is 0.241 e. The Labute approximate surface area is 146 Å². The summed E-state index contributed by atoms with van der Waals surface area (Å²) >= 11 is 1.50. The van der Waals surface area contributed by atoms with E-state index in [1.54, 1.807) is 0 Å². The van der Waals surface area contributed by atoms with Crippen LogP contribution in [0.15, 0.2) is 18.2 Å². The van der Waals surface area contributed by atoms with Crippen molar-refractivity contribution in [2.75, 3.05) is 24.6 Å². The third-order valence-corrected chi connectivity index (χ3v) is 5.44. The van der Waals surface area contributed by atoms with Crippen molar-refractivity contribution in [2.24, 2.45) is 0 Å². The number of piperidine rings is 1. The second-order valence-corrected chi connectivity index (χ2v) is 7.70. The first-order valence-electron chi connectivity index (χ1n) is 8.30. The zero-order valence-corrected chi connectivity index (χ0v) is 15.2. The molecule has 1 fully saturated rings. The number of rotatable bonds is 3. The number of carbonyl (C=O) groups excluding carboxylic acids is 1. The highest BCUT2D eigenvalue weighted by Gasteiger charge is 2.26. The molecule has 128 valence electrons. The SMILES string of the molecule is Cc1cc(-c2nc(N)sc2C)ccc1NC(=O)C1CCCCN1C. The molecule has 0 radical (unpaired) electrons. The number of likely N-dealkylation sites (N-methyl/N-ethyl adjacent to an activating group) is 1. The molecule has 3 rings (SSSR count). The van der Waals surface area contributed by atoms with Crippen LogP contribution in [0.5, 0.6) is 0 Å². The summed E-state index contributed by atoms with van der Waals surface area (Å²) in [7, 11) is 2.02. The van der Waals surface area contributed by atoms with Gasteiger partial charge in [-0.15, -0.1) is 11.3 Å². The summed E-state index contributed by atoms with van der Waals surface area (Å²) in [5.74, 6) is 0.0853. The van der Waals surface area contributed by atoms with Crippen LogP contribution in [0.25, 0.3) is 11.3 Å². The van der Waals surface area contributed by atoms with E-state index in [2.05, 4.69) is 21.3 Å². The Morgan fingerprint density at radius 3 is 2.79 bits per heavy atom. The number of anilines is 2. The first-order valence-corrected chi connectivity index (χ1v) is 9.12. The van der Waals surface area contributed by atoms with Crippen molar-refractivity contribution < 1.29 is 4.79 Å². The zero-order valence-electron chi connectivity index (χ0n) is 14.4. The van der Waals surface area contributed by atoms with Gasteiger partial charge in [0.1, 0.15) is 0 Å². The normalized spacial score (nSPS) is 18.5. The molecule has 5 nitrogen and oxygen atoms in total. The fourth-order valence-corrected chi connectivity index (χ4v) is 3.97. The molecule has 1 saturated heterocycles. The minimum absolute atomic E-state index is 0.0293. The molecule has 0 bridgehead atoms. The van der Waals surface area contributed by atoms with Gasteiger partial charge in [0.2, 0.25) is 5.91 Å². The van der Waals surface area contributed by atoms with Gasteiger partial charge in [0.15, 0.2) is 5.13 Å². The second-order valence-electron chi connectivity index (χ2n) is 6.47. The van der Waals surface area contributed by atoms with E-state index in [0.29, 0.717) is 5.13 Å². The second kappa shape index (κ2) is 6.91. The Morgan fingerprint density at radius 1 is 1.38 bits per heavy atom. The van der Waals surface area contributed by atoms with Crippen LogP contribution in [0.4, 0.5) is 10.8 Å². The van der Waals surface area contributed by atoms with Crippen molar-refractivity contribution in [3.63, 3.8) is 0 Å². The lowest BCUT2D eigenvalue weighted by Gasteiger charge is -2.31. The average molecular weight is 344 g/mol. The van der Waals surface area contributed by atoms with Gasteiger partial charge >= 0.3 is 0 Å². The number of nitrogens with one attached hydrogen (secondary N) is 1. The molecule has 0 saturated carbocycles. The molecule has 1 aliphatic rings. The molecular formula is C18H24N4OS. The number of hydrogen-bond donors (Lipinski definition) is 2. The number of likely N-dealkylation sites (tertiary alicyclic amines) is 1. The van der Waals surface area contributed by atoms with Crippen LogP contribution in [0.3, 0.4) is 0 Å². The van der Waals surface area contributed by atoms with E-state index in [-0.39, 0.29) is 11.9 Å². The van der Waals surface area contributed by atoms with Gasteiger partial charge < -0.3 is 11.1 Å². The molecule has 1 amide bonds. The minimum atomic E-state index is -0.0293. The van der Waals surface area contributed by atoms with Crippen molar-refractivity contribution in [3.8, 4) is 11.3 Å². The Morgan fingerprint density at radius 2 is 2.17 bits per heavy atom. The maximum atomic E-state index is 12.6. The summed E-state index contributed by atoms with van der Waals surface area (Å²) in [5, 5.41) is 3.67. The van der Waals surface area contributed by atoms with Crippen molar-refractivity contribution >= 4 is 28.1 Å². The van der Waals surface area contributed by atoms with Crippen LogP contribution in [-0.4, -0.2) is 35.4 Å². The maximum absolute atomic E-state index is 12.6. The number of thiazole rings is 1. The average Bonchev–Trinajstić information content (AvgIpc) is 2.88. The minimum Gasteiger partial charge on any atom is -0.375 e. The lowest BCUT2D eigenvalue weighted by molar-refractivity contribution is -0.121. The summed E-state index contributed by atoms with van der Waals surface area (Å²) in [4.78, 5) is 20.2. The molecule has 1 aliphatic heterocycles. The number of carbonyl (C=O) groups is 1. The molecule has 1 aromatic carbocycles. The first kappa shape index (κ1) is 16.9. The smallest absolute Gasteiger partial charge is 0.241 e. The highest BCUT2D eigenvalue weighted by molar-refractivity contribution is 7.15. The van der Waals surface area contributed by atoms with Crippen LogP contribution in [0.1, 0.15) is 29.7 Å². The van der Waals surface area contributed by atoms with E-state index in [0.717, 1.165) is 46.8 Å². The molecule has 1 unspecified atom stereocenters. The van der Waals surface area contributed by atoms with E-state index < -0.39 is 0 Å². The molecule has 6 heteroatoms. The summed E-state index contributed by atoms with van der Waals surface area (Å²) in [6, 6.07) is 5.98. The van der Waals surface area contributed by atoms with Crippen LogP contribution < -0.4 is 11.1 Å². The summed E-state index contributed by atoms with van der Waals surface area (Å²) < 4.78 is 0. The molecule has 1 atom stereocenters. The number of benzene rings is 1. The van der Waals surface area contributed by atoms with Crippen molar-refractivity contribution in [2.45, 2.75) is 39.2 Å². The summed E-state index contributed by atoms with van der Waals surface area (Å²) in [6.45, 7) is 5.02. The zero-order chi connectivity index (χ0) is 17.3. The quantitative estimate of drug-likeness (QED) is 0.895. The topological polar surface area (TPSA) is 71.2 Å². The first-order chi connectivity index (χ1) is 11.5. The van der Waals surface area contributed by atoms with Gasteiger partial charge in [-0.25, -0.2) is 4.98 Å². The molecule has 0 spiro atoms. The standard InChI is InChI=1S/C18H24N4OS/c1-11-10-13(16-12(2)24-18(19)21-16)7-8-14(11)20-17(23)15-6-4-5-9-22(15)3/h7-8,10,15H,4-6,9H2,1-3H3,(H2,19,21)(H,20,23). The summed E-state index contributed by atoms with van der Waals surface area (Å²) in [5.41, 5.74) is 9.64. The predicted molar refractivity (Wildman–Crippen MR) is 100 cm³/mol. The van der Waals surface area contributed by atoms with Gasteiger partial charge in [0, 0.05) is 16.1 Å². The van der Waals surface area contributed by atoms with Gasteiger partial charge in [0.05, 0.1) is 11.7 Å². The van der Waals surface area contributed by atoms with Crippen molar-refractivity contribution in [3.05, 3.63) is 28.6 Å². The predicted octanol–water partition coefficient (Wildman–Crippen LogP) is 3.43. The highest BCUT2D eigenvalue weighted by atomic mass is 32.1. The summed E-state index contributed by atoms with van der Waals surface area (Å²) in [6.07, 6.45) is 3.21. The number of nitrogens with zero attached hydrogens (tertiary/aromatic N) is 2. The van der Waals surface area contributed by atoms with Crippen LogP contribution in [0.2, 0.25) is 0 Å². The van der Waals surface area contributed by atoms with Gasteiger partial charge in [-0.3, -0.25) is 9.69 Å². The number of nitrogens with two attached hydrogens (primary N) is 1. The van der Waals surface area contributed by atoms with Gasteiger partial charge in [-0.1, -0.05) is 12.5 Å². The fourth-order valence-electron chi connectivity index (χ4n) is 3.26. The molecule has 24 heavy (non-hydrogen) atoms. The van der Waals surface area contributed by atoms with E-state index in [4.69, 9.17) is 5.73 Å². The Balaban J connectivity index is 1.78. The van der Waals surface area contributed by atoms with Crippen LogP contribution >= 0.6 is 11.3 Å². The van der Waals surface area contributed by atoms with E-state index in [9.17, 15) is 4.79 Å². The number of aryl methyl sites for hydroxylation is 2. The van der Waals surface area contributed by atoms with Gasteiger partial charge in [-0.2, -0.15) is 0 Å². The molecule has 2 heterocycles. The Kier molecular flexibility index (Phi) is 4.87. The number of amides is 1. The Bertz CT molecular complexity index is 755. The van der Waals surface area contributed by atoms with E-state index in [1.165, 1.54) is 17.8 Å². The molecule has 1 aromatic heterocycles. The Hall–Kier alpha value is -1.92. The molecular weight excluding hydrogens is 320 g/mol. The molecule has 2 aromatic rings. The van der Waals surface area contributed by atoms with E-state index >= 15 is 0 Å². The number of hydrogen-bond acceptors (Lipinski definition) is 5. The third-order valence-electron chi connectivity index (χ3n) is 4.64. The van der Waals surface area contributed by atoms with Gasteiger partial charge in [-0.05, 0) is 58.0 Å². The fraction of sp³-hybridized carbons (Fsp3) is 0.444. The lowest BCUT2D eigenvalue weighted by Crippen LogP contribution is -2.44. The largest absolute Gasteiger partial charge is 0.375 e. The van der Waals surface area contributed by atoms with Crippen molar-refractivity contribution in [1.29, 1.82) is 0 Å². The third kappa shape index (κ3) is 3.44. The van der Waals surface area contributed by atoms with Gasteiger partial charge in [0.25, 0.3) is 0 Å². The highest BCUT2D eigenvalue weighted by Crippen LogP contribution is 2.31.